The number of carbonyl (C=O) groups is 1. The molecule has 10 heteroatoms. The van der Waals surface area contributed by atoms with Crippen LogP contribution in [-0.4, -0.2) is 52.4 Å². The molecule has 2 heterocycles. The highest BCUT2D eigenvalue weighted by atomic mass is 35.5. The Labute approximate surface area is 193 Å². The highest BCUT2D eigenvalue weighted by Crippen LogP contribution is 2.32. The van der Waals surface area contributed by atoms with Crippen molar-refractivity contribution in [2.45, 2.75) is 6.10 Å². The fourth-order valence-electron chi connectivity index (χ4n) is 3.64. The second-order valence-electron chi connectivity index (χ2n) is 7.59. The van der Waals surface area contributed by atoms with Crippen molar-refractivity contribution >= 4 is 34.9 Å². The van der Waals surface area contributed by atoms with Crippen molar-refractivity contribution in [3.8, 4) is 0 Å². The summed E-state index contributed by atoms with van der Waals surface area (Å²) in [5.41, 5.74) is 1.92. The normalized spacial score (nSPS) is 14.8. The molecule has 3 N–H and O–H groups in total. The fraction of sp³-hybridized carbons (Fsp3) is 0.217. The number of hydrogen-bond acceptors (Lipinski definition) is 5. The van der Waals surface area contributed by atoms with Gasteiger partial charge in [0.25, 0.3) is 0 Å². The molecule has 0 spiro atoms. The molecule has 172 valence electrons. The number of nitrogens with one attached hydrogen (secondary N) is 1. The number of nitrogens with zero attached hydrogens (tertiary/aromatic N) is 3. The van der Waals surface area contributed by atoms with E-state index in [2.05, 4.69) is 10.3 Å². The van der Waals surface area contributed by atoms with Crippen molar-refractivity contribution in [1.82, 2.24) is 9.88 Å². The molecular formula is C23H21ClF2N4O3. The van der Waals surface area contributed by atoms with E-state index in [4.69, 9.17) is 16.7 Å². The van der Waals surface area contributed by atoms with E-state index in [1.54, 1.807) is 24.3 Å². The fourth-order valence-corrected chi connectivity index (χ4v) is 3.92. The quantitative estimate of drug-likeness (QED) is 0.499. The minimum Gasteiger partial charge on any atom is -0.465 e. The van der Waals surface area contributed by atoms with Gasteiger partial charge in [-0.2, -0.15) is 0 Å². The van der Waals surface area contributed by atoms with Gasteiger partial charge in [0.05, 0.1) is 5.69 Å². The van der Waals surface area contributed by atoms with Gasteiger partial charge in [0.1, 0.15) is 23.6 Å². The van der Waals surface area contributed by atoms with Crippen LogP contribution in [0.5, 0.6) is 0 Å². The molecule has 0 radical (unpaired) electrons. The number of aliphatic hydroxyl groups excluding tert-OH is 1. The number of amides is 1. The van der Waals surface area contributed by atoms with Crippen LogP contribution >= 0.6 is 11.6 Å². The third-order valence-corrected chi connectivity index (χ3v) is 5.82. The van der Waals surface area contributed by atoms with E-state index >= 15 is 0 Å². The number of benzene rings is 2. The number of piperazine rings is 1. The molecule has 1 unspecified atom stereocenters. The van der Waals surface area contributed by atoms with Crippen molar-refractivity contribution in [3.05, 3.63) is 82.5 Å². The Morgan fingerprint density at radius 2 is 1.82 bits per heavy atom. The highest BCUT2D eigenvalue weighted by molar-refractivity contribution is 6.31. The Morgan fingerprint density at radius 1 is 1.06 bits per heavy atom. The van der Waals surface area contributed by atoms with Gasteiger partial charge in [0.2, 0.25) is 0 Å². The maximum Gasteiger partial charge on any atom is 0.407 e. The lowest BCUT2D eigenvalue weighted by atomic mass is 10.0. The molecule has 4 rings (SSSR count). The standard InChI is InChI=1S/C23H21ClF2N4O3/c24-18-12-16(29-7-9-30(10-8-29)23(32)33)3-4-17(18)22(31)14-1-6-21(27-13-14)28-20-5-2-15(25)11-19(20)26/h1-6,11-13,22,31H,7-10H2,(H,27,28)(H,32,33). The molecule has 1 aliphatic heterocycles. The smallest absolute Gasteiger partial charge is 0.407 e. The van der Waals surface area contributed by atoms with E-state index in [0.29, 0.717) is 48.1 Å². The maximum absolute atomic E-state index is 13.8. The van der Waals surface area contributed by atoms with Crippen molar-refractivity contribution in [2.75, 3.05) is 36.4 Å². The molecule has 1 atom stereocenters. The molecule has 1 aliphatic rings. The molecule has 1 fully saturated rings. The van der Waals surface area contributed by atoms with Crippen LogP contribution in [0.2, 0.25) is 5.02 Å². The summed E-state index contributed by atoms with van der Waals surface area (Å²) in [5.74, 6) is -1.08. The van der Waals surface area contributed by atoms with E-state index < -0.39 is 23.8 Å². The first-order valence-electron chi connectivity index (χ1n) is 10.2. The zero-order chi connectivity index (χ0) is 23.5. The van der Waals surface area contributed by atoms with Crippen LogP contribution in [0, 0.1) is 11.6 Å². The molecule has 1 saturated heterocycles. The summed E-state index contributed by atoms with van der Waals surface area (Å²) in [6.07, 6.45) is -0.507. The van der Waals surface area contributed by atoms with Crippen LogP contribution in [0.25, 0.3) is 0 Å². The molecule has 1 aromatic heterocycles. The van der Waals surface area contributed by atoms with E-state index in [1.165, 1.54) is 17.2 Å². The summed E-state index contributed by atoms with van der Waals surface area (Å²) < 4.78 is 26.9. The molecule has 33 heavy (non-hydrogen) atoms. The average molecular weight is 475 g/mol. The van der Waals surface area contributed by atoms with Gasteiger partial charge in [-0.25, -0.2) is 18.6 Å². The lowest BCUT2D eigenvalue weighted by Crippen LogP contribution is -2.48. The molecule has 0 aliphatic carbocycles. The van der Waals surface area contributed by atoms with Gasteiger partial charge in [-0.15, -0.1) is 0 Å². The van der Waals surface area contributed by atoms with Crippen LogP contribution < -0.4 is 10.2 Å². The van der Waals surface area contributed by atoms with Crippen molar-refractivity contribution in [1.29, 1.82) is 0 Å². The van der Waals surface area contributed by atoms with E-state index in [1.807, 2.05) is 11.0 Å². The van der Waals surface area contributed by atoms with Gasteiger partial charge in [-0.05, 0) is 30.3 Å². The number of aliphatic hydroxyl groups is 1. The molecule has 2 aromatic carbocycles. The van der Waals surface area contributed by atoms with Gasteiger partial charge >= 0.3 is 6.09 Å². The molecule has 3 aromatic rings. The van der Waals surface area contributed by atoms with Crippen molar-refractivity contribution < 1.29 is 23.8 Å². The van der Waals surface area contributed by atoms with Gasteiger partial charge in [-0.1, -0.05) is 23.7 Å². The van der Waals surface area contributed by atoms with E-state index in [0.717, 1.165) is 17.8 Å². The van der Waals surface area contributed by atoms with E-state index in [-0.39, 0.29) is 5.69 Å². The Balaban J connectivity index is 1.44. The molecular weight excluding hydrogens is 454 g/mol. The first-order valence-corrected chi connectivity index (χ1v) is 10.6. The summed E-state index contributed by atoms with van der Waals surface area (Å²) in [5, 5.41) is 23.0. The predicted molar refractivity (Wildman–Crippen MR) is 121 cm³/mol. The zero-order valence-corrected chi connectivity index (χ0v) is 18.1. The van der Waals surface area contributed by atoms with Crippen molar-refractivity contribution in [2.24, 2.45) is 0 Å². The van der Waals surface area contributed by atoms with Gasteiger partial charge in [0, 0.05) is 60.3 Å². The van der Waals surface area contributed by atoms with Crippen LogP contribution in [0.15, 0.2) is 54.7 Å². The monoisotopic (exact) mass is 474 g/mol. The number of carboxylic acid groups (broad SMARTS) is 1. The number of rotatable bonds is 5. The van der Waals surface area contributed by atoms with Gasteiger partial charge in [0.15, 0.2) is 0 Å². The Hall–Kier alpha value is -3.43. The number of aromatic nitrogens is 1. The Morgan fingerprint density at radius 3 is 2.42 bits per heavy atom. The summed E-state index contributed by atoms with van der Waals surface area (Å²) in [7, 11) is 0. The molecule has 0 bridgehead atoms. The lowest BCUT2D eigenvalue weighted by Gasteiger charge is -2.34. The maximum atomic E-state index is 13.8. The third kappa shape index (κ3) is 5.15. The van der Waals surface area contributed by atoms with Crippen LogP contribution in [0.1, 0.15) is 17.2 Å². The summed E-state index contributed by atoms with van der Waals surface area (Å²) in [4.78, 5) is 18.7. The Bertz CT molecular complexity index is 1150. The molecule has 7 nitrogen and oxygen atoms in total. The average Bonchev–Trinajstić information content (AvgIpc) is 2.81. The summed E-state index contributed by atoms with van der Waals surface area (Å²) >= 11 is 6.45. The first-order chi connectivity index (χ1) is 15.8. The second-order valence-corrected chi connectivity index (χ2v) is 8.00. The van der Waals surface area contributed by atoms with Gasteiger partial charge < -0.3 is 25.3 Å². The number of anilines is 3. The van der Waals surface area contributed by atoms with Crippen molar-refractivity contribution in [3.63, 3.8) is 0 Å². The van der Waals surface area contributed by atoms with Crippen LogP contribution in [-0.2, 0) is 0 Å². The van der Waals surface area contributed by atoms with Crippen LogP contribution in [0.3, 0.4) is 0 Å². The minimum atomic E-state index is -1.03. The predicted octanol–water partition coefficient (Wildman–Crippen LogP) is 4.64. The summed E-state index contributed by atoms with van der Waals surface area (Å²) in [6, 6.07) is 11.7. The lowest BCUT2D eigenvalue weighted by molar-refractivity contribution is 0.142. The first kappa shape index (κ1) is 22.8. The topological polar surface area (TPSA) is 88.9 Å². The molecule has 0 saturated carbocycles. The number of pyridine rings is 1. The minimum absolute atomic E-state index is 0.0834. The van der Waals surface area contributed by atoms with Gasteiger partial charge in [-0.3, -0.25) is 0 Å². The largest absolute Gasteiger partial charge is 0.465 e. The highest BCUT2D eigenvalue weighted by Gasteiger charge is 2.22. The zero-order valence-electron chi connectivity index (χ0n) is 17.4. The number of halogens is 3. The summed E-state index contributed by atoms with van der Waals surface area (Å²) in [6.45, 7) is 1.92. The second kappa shape index (κ2) is 9.60. The number of hydrogen-bond donors (Lipinski definition) is 3. The Kier molecular flexibility index (Phi) is 6.62. The SMILES string of the molecule is O=C(O)N1CCN(c2ccc(C(O)c3ccc(Nc4ccc(F)cc4F)nc3)c(Cl)c2)CC1. The van der Waals surface area contributed by atoms with E-state index in [9.17, 15) is 18.7 Å². The third-order valence-electron chi connectivity index (χ3n) is 5.49. The van der Waals surface area contributed by atoms with Crippen LogP contribution in [0.4, 0.5) is 30.8 Å². The molecule has 1 amide bonds.